The van der Waals surface area contributed by atoms with Gasteiger partial charge in [-0.25, -0.2) is 0 Å². The van der Waals surface area contributed by atoms with Crippen molar-refractivity contribution in [1.82, 2.24) is 0 Å². The van der Waals surface area contributed by atoms with Gasteiger partial charge in [0.25, 0.3) is 0 Å². The number of hydrogen-bond donors (Lipinski definition) is 1. The van der Waals surface area contributed by atoms with E-state index in [0.29, 0.717) is 23.4 Å². The molecule has 0 saturated carbocycles. The summed E-state index contributed by atoms with van der Waals surface area (Å²) >= 11 is 6.14. The summed E-state index contributed by atoms with van der Waals surface area (Å²) in [7, 11) is 0. The molecule has 0 radical (unpaired) electrons. The summed E-state index contributed by atoms with van der Waals surface area (Å²) in [5.41, 5.74) is 2.08. The number of ether oxygens (including phenoxy) is 1. The number of Topliss-reactive ketones (excluding diaryl/α,β-unsaturated/α-hetero) is 1. The highest BCUT2D eigenvalue weighted by molar-refractivity contribution is 6.34. The number of nitrogens with one attached hydrogen (secondary N) is 1. The molecule has 1 N–H and O–H groups in total. The summed E-state index contributed by atoms with van der Waals surface area (Å²) < 4.78 is 5.52. The number of hydrogen-bond acceptors (Lipinski definition) is 3. The second-order valence-corrected chi connectivity index (χ2v) is 5.72. The maximum absolute atomic E-state index is 12.3. The highest BCUT2D eigenvalue weighted by atomic mass is 35.5. The molecule has 5 heteroatoms. The number of ketones is 1. The quantitative estimate of drug-likeness (QED) is 0.868. The number of halogens is 1. The van der Waals surface area contributed by atoms with E-state index in [-0.39, 0.29) is 17.8 Å². The van der Waals surface area contributed by atoms with Gasteiger partial charge in [0.1, 0.15) is 0 Å². The Hall–Kier alpha value is -1.39. The summed E-state index contributed by atoms with van der Waals surface area (Å²) in [4.78, 5) is 23.6. The minimum absolute atomic E-state index is 0.0210. The van der Waals surface area contributed by atoms with Crippen LogP contribution in [0.4, 0.5) is 5.69 Å². The first-order valence-electron chi connectivity index (χ1n) is 6.90. The number of rotatable bonds is 4. The van der Waals surface area contributed by atoms with Crippen molar-refractivity contribution in [3.63, 3.8) is 0 Å². The number of anilines is 1. The second kappa shape index (κ2) is 5.54. The van der Waals surface area contributed by atoms with Crippen LogP contribution in [0.3, 0.4) is 0 Å². The highest BCUT2D eigenvalue weighted by Gasteiger charge is 2.23. The first kappa shape index (κ1) is 13.6. The predicted molar refractivity (Wildman–Crippen MR) is 76.3 cm³/mol. The fraction of sp³-hybridized carbons (Fsp3) is 0.467. The summed E-state index contributed by atoms with van der Waals surface area (Å²) in [5, 5.41) is 3.13. The SMILES string of the molecule is O=C1Cc2cc(C(=O)CCC3CCCO3)c(Cl)cc2N1. The van der Waals surface area contributed by atoms with Gasteiger partial charge in [-0.15, -0.1) is 0 Å². The van der Waals surface area contributed by atoms with Crippen LogP contribution in [0.1, 0.15) is 41.6 Å². The lowest BCUT2D eigenvalue weighted by Gasteiger charge is -2.10. The van der Waals surface area contributed by atoms with Crippen molar-refractivity contribution in [3.8, 4) is 0 Å². The predicted octanol–water partition coefficient (Wildman–Crippen LogP) is 2.98. The number of fused-ring (bicyclic) bond motifs is 1. The highest BCUT2D eigenvalue weighted by Crippen LogP contribution is 2.31. The fourth-order valence-corrected chi connectivity index (χ4v) is 3.03. The van der Waals surface area contributed by atoms with Gasteiger partial charge in [-0.2, -0.15) is 0 Å². The minimum atomic E-state index is -0.0555. The zero-order valence-corrected chi connectivity index (χ0v) is 11.8. The van der Waals surface area contributed by atoms with Crippen LogP contribution in [-0.4, -0.2) is 24.4 Å². The average Bonchev–Trinajstić information content (AvgIpc) is 3.03. The molecule has 0 bridgehead atoms. The Bertz CT molecular complexity index is 564. The number of carbonyl (C=O) groups is 2. The molecule has 3 rings (SSSR count). The molecule has 1 unspecified atom stereocenters. The molecule has 1 aromatic rings. The normalized spacial score (nSPS) is 20.9. The maximum atomic E-state index is 12.3. The third-order valence-corrected chi connectivity index (χ3v) is 4.15. The molecule has 0 aliphatic carbocycles. The van der Waals surface area contributed by atoms with Gasteiger partial charge in [0.15, 0.2) is 5.78 Å². The summed E-state index contributed by atoms with van der Waals surface area (Å²) in [6.07, 6.45) is 3.80. The van der Waals surface area contributed by atoms with Crippen LogP contribution in [0.2, 0.25) is 5.02 Å². The standard InChI is InChI=1S/C15H16ClNO3/c16-12-8-13-9(7-15(19)17-13)6-11(12)14(18)4-3-10-2-1-5-20-10/h6,8,10H,1-5,7H2,(H,17,19). The lowest BCUT2D eigenvalue weighted by molar-refractivity contribution is -0.115. The molecular weight excluding hydrogens is 278 g/mol. The van der Waals surface area contributed by atoms with Gasteiger partial charge in [0, 0.05) is 24.3 Å². The Morgan fingerprint density at radius 3 is 3.05 bits per heavy atom. The van der Waals surface area contributed by atoms with E-state index in [9.17, 15) is 9.59 Å². The van der Waals surface area contributed by atoms with E-state index in [0.717, 1.165) is 37.1 Å². The van der Waals surface area contributed by atoms with Crippen LogP contribution in [0.15, 0.2) is 12.1 Å². The smallest absolute Gasteiger partial charge is 0.228 e. The van der Waals surface area contributed by atoms with Crippen LogP contribution in [-0.2, 0) is 16.0 Å². The molecule has 1 amide bonds. The summed E-state index contributed by atoms with van der Waals surface area (Å²) in [6.45, 7) is 0.798. The fourth-order valence-electron chi connectivity index (χ4n) is 2.76. The Morgan fingerprint density at radius 2 is 2.30 bits per heavy atom. The van der Waals surface area contributed by atoms with Crippen molar-refractivity contribution in [2.45, 2.75) is 38.2 Å². The average molecular weight is 294 g/mol. The van der Waals surface area contributed by atoms with Crippen LogP contribution in [0.25, 0.3) is 0 Å². The van der Waals surface area contributed by atoms with Crippen molar-refractivity contribution < 1.29 is 14.3 Å². The van der Waals surface area contributed by atoms with Gasteiger partial charge in [-0.3, -0.25) is 9.59 Å². The third kappa shape index (κ3) is 2.72. The summed E-state index contributed by atoms with van der Waals surface area (Å²) in [6, 6.07) is 3.41. The van der Waals surface area contributed by atoms with Crippen molar-refractivity contribution in [3.05, 3.63) is 28.3 Å². The topological polar surface area (TPSA) is 55.4 Å². The molecule has 0 spiro atoms. The third-order valence-electron chi connectivity index (χ3n) is 3.84. The molecule has 4 nitrogen and oxygen atoms in total. The Kier molecular flexibility index (Phi) is 3.76. The van der Waals surface area contributed by atoms with Crippen molar-refractivity contribution in [1.29, 1.82) is 0 Å². The minimum Gasteiger partial charge on any atom is -0.378 e. The van der Waals surface area contributed by atoms with Gasteiger partial charge >= 0.3 is 0 Å². The molecule has 1 saturated heterocycles. The van der Waals surface area contributed by atoms with E-state index in [1.54, 1.807) is 12.1 Å². The van der Waals surface area contributed by atoms with E-state index in [2.05, 4.69) is 5.32 Å². The van der Waals surface area contributed by atoms with Gasteiger partial charge in [-0.05, 0) is 37.0 Å². The van der Waals surface area contributed by atoms with Crippen LogP contribution < -0.4 is 5.32 Å². The first-order valence-corrected chi connectivity index (χ1v) is 7.28. The van der Waals surface area contributed by atoms with Crippen molar-refractivity contribution in [2.75, 3.05) is 11.9 Å². The maximum Gasteiger partial charge on any atom is 0.228 e. The zero-order valence-electron chi connectivity index (χ0n) is 11.1. The van der Waals surface area contributed by atoms with E-state index in [1.807, 2.05) is 0 Å². The van der Waals surface area contributed by atoms with Crippen molar-refractivity contribution >= 4 is 29.0 Å². The first-order chi connectivity index (χ1) is 9.63. The molecule has 0 aromatic heterocycles. The number of benzene rings is 1. The van der Waals surface area contributed by atoms with Crippen LogP contribution >= 0.6 is 11.6 Å². The van der Waals surface area contributed by atoms with Crippen LogP contribution in [0, 0.1) is 0 Å². The largest absolute Gasteiger partial charge is 0.378 e. The molecule has 1 aromatic carbocycles. The molecule has 2 aliphatic rings. The molecule has 1 fully saturated rings. The molecule has 2 aliphatic heterocycles. The van der Waals surface area contributed by atoms with Gasteiger partial charge in [-0.1, -0.05) is 11.6 Å². The Balaban J connectivity index is 1.71. The zero-order chi connectivity index (χ0) is 14.1. The van der Waals surface area contributed by atoms with E-state index in [4.69, 9.17) is 16.3 Å². The van der Waals surface area contributed by atoms with E-state index in [1.165, 1.54) is 0 Å². The van der Waals surface area contributed by atoms with Gasteiger partial charge in [0.2, 0.25) is 5.91 Å². The monoisotopic (exact) mass is 293 g/mol. The molecular formula is C15H16ClNO3. The molecule has 20 heavy (non-hydrogen) atoms. The number of amides is 1. The number of carbonyl (C=O) groups excluding carboxylic acids is 2. The van der Waals surface area contributed by atoms with Gasteiger partial charge < -0.3 is 10.1 Å². The lowest BCUT2D eigenvalue weighted by atomic mass is 10.0. The van der Waals surface area contributed by atoms with Gasteiger partial charge in [0.05, 0.1) is 17.5 Å². The van der Waals surface area contributed by atoms with E-state index >= 15 is 0 Å². The summed E-state index contributed by atoms with van der Waals surface area (Å²) in [5.74, 6) is -0.0346. The molecule has 2 heterocycles. The molecule has 1 atom stereocenters. The lowest BCUT2D eigenvalue weighted by Crippen LogP contribution is -2.09. The van der Waals surface area contributed by atoms with Crippen LogP contribution in [0.5, 0.6) is 0 Å². The Labute approximate surface area is 122 Å². The molecule has 106 valence electrons. The van der Waals surface area contributed by atoms with Crippen molar-refractivity contribution in [2.24, 2.45) is 0 Å². The Morgan fingerprint density at radius 1 is 1.45 bits per heavy atom. The van der Waals surface area contributed by atoms with E-state index < -0.39 is 0 Å². The second-order valence-electron chi connectivity index (χ2n) is 5.31.